The number of carboxylic acids is 1. The van der Waals surface area contributed by atoms with Gasteiger partial charge in [0.25, 0.3) is 0 Å². The van der Waals surface area contributed by atoms with Gasteiger partial charge < -0.3 is 15.2 Å². The first-order valence-electron chi connectivity index (χ1n) is 5.92. The van der Waals surface area contributed by atoms with Crippen LogP contribution in [-0.4, -0.2) is 23.2 Å². The molecule has 0 amide bonds. The van der Waals surface area contributed by atoms with E-state index in [0.29, 0.717) is 6.54 Å². The molecule has 2 N–H and O–H groups in total. The quantitative estimate of drug-likeness (QED) is 0.774. The fourth-order valence-electron chi connectivity index (χ4n) is 1.46. The maximum atomic E-state index is 10.8. The van der Waals surface area contributed by atoms with Crippen molar-refractivity contribution in [3.8, 4) is 5.75 Å². The van der Waals surface area contributed by atoms with Crippen molar-refractivity contribution >= 4 is 37.8 Å². The van der Waals surface area contributed by atoms with E-state index in [9.17, 15) is 4.79 Å². The summed E-state index contributed by atoms with van der Waals surface area (Å²) in [7, 11) is 0. The van der Waals surface area contributed by atoms with E-state index in [1.165, 1.54) is 0 Å². The highest BCUT2D eigenvalue weighted by Gasteiger charge is 2.15. The standard InChI is InChI=1S/C13H17Br2NO3/c1-7(2)19-12-9(4-10(14)5-11(12)15)6-16-8(3)13(17)18/h4-5,7-8,16H,6H2,1-3H3,(H,17,18). The van der Waals surface area contributed by atoms with Crippen molar-refractivity contribution in [2.24, 2.45) is 0 Å². The van der Waals surface area contributed by atoms with Crippen molar-refractivity contribution in [3.63, 3.8) is 0 Å². The summed E-state index contributed by atoms with van der Waals surface area (Å²) in [5.74, 6) is -0.135. The molecule has 0 heterocycles. The second kappa shape index (κ2) is 7.26. The fourth-order valence-corrected chi connectivity index (χ4v) is 2.87. The lowest BCUT2D eigenvalue weighted by molar-refractivity contribution is -0.139. The molecule has 0 aromatic heterocycles. The molecule has 0 bridgehead atoms. The van der Waals surface area contributed by atoms with Crippen molar-refractivity contribution < 1.29 is 14.6 Å². The van der Waals surface area contributed by atoms with Crippen LogP contribution >= 0.6 is 31.9 Å². The van der Waals surface area contributed by atoms with E-state index in [2.05, 4.69) is 37.2 Å². The molecule has 0 saturated heterocycles. The summed E-state index contributed by atoms with van der Waals surface area (Å²) in [5, 5.41) is 11.8. The van der Waals surface area contributed by atoms with E-state index in [1.54, 1.807) is 6.92 Å². The molecular formula is C13H17Br2NO3. The largest absolute Gasteiger partial charge is 0.489 e. The molecule has 1 aromatic carbocycles. The Hall–Kier alpha value is -0.590. The van der Waals surface area contributed by atoms with Gasteiger partial charge >= 0.3 is 5.97 Å². The molecule has 0 fully saturated rings. The summed E-state index contributed by atoms with van der Waals surface area (Å²) < 4.78 is 7.52. The highest BCUT2D eigenvalue weighted by atomic mass is 79.9. The minimum absolute atomic E-state index is 0.0492. The summed E-state index contributed by atoms with van der Waals surface area (Å²) in [6, 6.07) is 3.22. The zero-order valence-corrected chi connectivity index (χ0v) is 14.2. The minimum atomic E-state index is -0.875. The van der Waals surface area contributed by atoms with Crippen LogP contribution in [0.3, 0.4) is 0 Å². The van der Waals surface area contributed by atoms with Gasteiger partial charge in [0.2, 0.25) is 0 Å². The Balaban J connectivity index is 2.94. The number of aliphatic carboxylic acids is 1. The van der Waals surface area contributed by atoms with Gasteiger partial charge in [-0.2, -0.15) is 0 Å². The molecule has 6 heteroatoms. The van der Waals surface area contributed by atoms with Crippen LogP contribution in [0.15, 0.2) is 21.1 Å². The van der Waals surface area contributed by atoms with Crippen LogP contribution in [0.2, 0.25) is 0 Å². The number of nitrogens with one attached hydrogen (secondary N) is 1. The van der Waals surface area contributed by atoms with Crippen LogP contribution in [0.5, 0.6) is 5.75 Å². The number of rotatable bonds is 6. The highest BCUT2D eigenvalue weighted by Crippen LogP contribution is 2.33. The van der Waals surface area contributed by atoms with Crippen LogP contribution in [0.1, 0.15) is 26.3 Å². The first-order chi connectivity index (χ1) is 8.81. The van der Waals surface area contributed by atoms with Crippen molar-refractivity contribution in [3.05, 3.63) is 26.6 Å². The van der Waals surface area contributed by atoms with Crippen LogP contribution in [0.25, 0.3) is 0 Å². The van der Waals surface area contributed by atoms with E-state index in [1.807, 2.05) is 26.0 Å². The first kappa shape index (κ1) is 16.5. The van der Waals surface area contributed by atoms with Crippen molar-refractivity contribution in [1.82, 2.24) is 5.32 Å². The normalized spacial score (nSPS) is 12.5. The van der Waals surface area contributed by atoms with Gasteiger partial charge in [-0.05, 0) is 48.8 Å². The van der Waals surface area contributed by atoms with Gasteiger partial charge in [0.1, 0.15) is 11.8 Å². The molecule has 4 nitrogen and oxygen atoms in total. The zero-order valence-electron chi connectivity index (χ0n) is 11.0. The monoisotopic (exact) mass is 393 g/mol. The second-order valence-corrected chi connectivity index (χ2v) is 6.25. The molecule has 0 aliphatic heterocycles. The SMILES string of the molecule is CC(C)Oc1c(Br)cc(Br)cc1CNC(C)C(=O)O. The molecule has 19 heavy (non-hydrogen) atoms. The van der Waals surface area contributed by atoms with E-state index in [4.69, 9.17) is 9.84 Å². The Labute approximate surface area is 129 Å². The minimum Gasteiger partial charge on any atom is -0.489 e. The van der Waals surface area contributed by atoms with E-state index < -0.39 is 12.0 Å². The molecule has 0 spiro atoms. The Morgan fingerprint density at radius 2 is 2.00 bits per heavy atom. The third-order valence-corrected chi connectivity index (χ3v) is 3.45. The average molecular weight is 395 g/mol. The third kappa shape index (κ3) is 5.12. The molecule has 0 saturated carbocycles. The Morgan fingerprint density at radius 1 is 1.37 bits per heavy atom. The highest BCUT2D eigenvalue weighted by molar-refractivity contribution is 9.11. The topological polar surface area (TPSA) is 58.6 Å². The van der Waals surface area contributed by atoms with Crippen molar-refractivity contribution in [2.75, 3.05) is 0 Å². The van der Waals surface area contributed by atoms with Gasteiger partial charge in [-0.15, -0.1) is 0 Å². The predicted octanol–water partition coefficient (Wildman–Crippen LogP) is 3.56. The summed E-state index contributed by atoms with van der Waals surface area (Å²) in [5.41, 5.74) is 0.906. The van der Waals surface area contributed by atoms with Gasteiger partial charge in [-0.25, -0.2) is 0 Å². The maximum absolute atomic E-state index is 10.8. The lowest BCUT2D eigenvalue weighted by Gasteiger charge is -2.18. The Morgan fingerprint density at radius 3 is 2.53 bits per heavy atom. The van der Waals surface area contributed by atoms with E-state index in [-0.39, 0.29) is 6.10 Å². The van der Waals surface area contributed by atoms with Gasteiger partial charge in [0, 0.05) is 16.6 Å². The Kier molecular flexibility index (Phi) is 6.29. The molecule has 1 atom stereocenters. The number of ether oxygens (including phenoxy) is 1. The maximum Gasteiger partial charge on any atom is 0.320 e. The number of halogens is 2. The van der Waals surface area contributed by atoms with E-state index >= 15 is 0 Å². The second-order valence-electron chi connectivity index (χ2n) is 4.48. The molecule has 0 aliphatic carbocycles. The molecule has 106 valence electrons. The van der Waals surface area contributed by atoms with Gasteiger partial charge in [0.15, 0.2) is 0 Å². The van der Waals surface area contributed by atoms with Crippen LogP contribution in [0.4, 0.5) is 0 Å². The van der Waals surface area contributed by atoms with Gasteiger partial charge in [0.05, 0.1) is 10.6 Å². The van der Waals surface area contributed by atoms with Gasteiger partial charge in [-0.1, -0.05) is 15.9 Å². The molecule has 1 aromatic rings. The third-order valence-electron chi connectivity index (χ3n) is 2.41. The number of hydrogen-bond donors (Lipinski definition) is 2. The Bertz CT molecular complexity index is 463. The number of carboxylic acid groups (broad SMARTS) is 1. The number of carbonyl (C=O) groups is 1. The van der Waals surface area contributed by atoms with Crippen molar-refractivity contribution in [2.45, 2.75) is 39.5 Å². The molecule has 1 unspecified atom stereocenters. The van der Waals surface area contributed by atoms with Crippen LogP contribution in [0, 0.1) is 0 Å². The summed E-state index contributed by atoms with van der Waals surface area (Å²) in [6.07, 6.45) is 0.0492. The van der Waals surface area contributed by atoms with Crippen LogP contribution in [-0.2, 0) is 11.3 Å². The van der Waals surface area contributed by atoms with Crippen LogP contribution < -0.4 is 10.1 Å². The average Bonchev–Trinajstić information content (AvgIpc) is 2.29. The summed E-state index contributed by atoms with van der Waals surface area (Å²) in [6.45, 7) is 5.93. The van der Waals surface area contributed by atoms with E-state index in [0.717, 1.165) is 20.3 Å². The summed E-state index contributed by atoms with van der Waals surface area (Å²) in [4.78, 5) is 10.8. The fraction of sp³-hybridized carbons (Fsp3) is 0.462. The molecule has 1 rings (SSSR count). The lowest BCUT2D eigenvalue weighted by Crippen LogP contribution is -2.33. The molecule has 0 radical (unpaired) electrons. The lowest BCUT2D eigenvalue weighted by atomic mass is 10.2. The molecule has 0 aliphatic rings. The number of hydrogen-bond acceptors (Lipinski definition) is 3. The zero-order chi connectivity index (χ0) is 14.6. The number of benzene rings is 1. The molecular weight excluding hydrogens is 378 g/mol. The smallest absolute Gasteiger partial charge is 0.320 e. The summed E-state index contributed by atoms with van der Waals surface area (Å²) >= 11 is 6.88. The van der Waals surface area contributed by atoms with Crippen molar-refractivity contribution in [1.29, 1.82) is 0 Å². The predicted molar refractivity (Wildman–Crippen MR) is 81.5 cm³/mol. The van der Waals surface area contributed by atoms with Gasteiger partial charge in [-0.3, -0.25) is 4.79 Å². The first-order valence-corrected chi connectivity index (χ1v) is 7.50.